The zero-order valence-corrected chi connectivity index (χ0v) is 24.8. The third-order valence-electron chi connectivity index (χ3n) is 7.22. The van der Waals surface area contributed by atoms with Crippen molar-refractivity contribution in [3.8, 4) is 11.5 Å². The van der Waals surface area contributed by atoms with Crippen molar-refractivity contribution in [2.75, 3.05) is 70.0 Å². The number of hydrogen-bond acceptors (Lipinski definition) is 11. The molecule has 0 saturated carbocycles. The number of carbonyl (C=O) groups is 4. The van der Waals surface area contributed by atoms with E-state index in [1.165, 1.54) is 28.3 Å². The molecule has 2 unspecified atom stereocenters. The van der Waals surface area contributed by atoms with Crippen LogP contribution in [0.3, 0.4) is 0 Å². The van der Waals surface area contributed by atoms with Crippen LogP contribution in [0.2, 0.25) is 0 Å². The Kier molecular flexibility index (Phi) is 9.73. The molecule has 2 fully saturated rings. The molecule has 1 N–H and O–H groups in total. The number of fused-ring (bicyclic) bond motifs is 1. The molecule has 3 heterocycles. The Morgan fingerprint density at radius 2 is 1.71 bits per heavy atom. The Morgan fingerprint density at radius 1 is 1.02 bits per heavy atom. The first kappa shape index (κ1) is 30.2. The van der Waals surface area contributed by atoms with Gasteiger partial charge in [-0.05, 0) is 18.9 Å². The van der Waals surface area contributed by atoms with E-state index in [4.69, 9.17) is 24.2 Å². The van der Waals surface area contributed by atoms with Crippen molar-refractivity contribution < 1.29 is 33.4 Å². The molecule has 3 amide bonds. The molecule has 2 atom stereocenters. The smallest absolute Gasteiger partial charge is 0.409 e. The van der Waals surface area contributed by atoms with Crippen molar-refractivity contribution in [2.45, 2.75) is 32.7 Å². The fourth-order valence-corrected chi connectivity index (χ4v) is 5.63. The first-order valence-electron chi connectivity index (χ1n) is 13.4. The molecule has 2 aromatic rings. The van der Waals surface area contributed by atoms with Gasteiger partial charge in [-0.15, -0.1) is 0 Å². The summed E-state index contributed by atoms with van der Waals surface area (Å²) in [7, 11) is 4.40. The highest BCUT2D eigenvalue weighted by Gasteiger charge is 2.36. The predicted molar refractivity (Wildman–Crippen MR) is 155 cm³/mol. The van der Waals surface area contributed by atoms with Gasteiger partial charge in [0.25, 0.3) is 0 Å². The summed E-state index contributed by atoms with van der Waals surface area (Å²) in [6.45, 7) is 5.52. The summed E-state index contributed by atoms with van der Waals surface area (Å²) in [5.74, 6) is 1.06. The first-order chi connectivity index (χ1) is 19.7. The summed E-state index contributed by atoms with van der Waals surface area (Å²) in [5, 5.41) is 3.46. The quantitative estimate of drug-likeness (QED) is 0.485. The number of aromatic nitrogens is 2. The van der Waals surface area contributed by atoms with Crippen molar-refractivity contribution in [2.24, 2.45) is 5.92 Å². The number of likely N-dealkylation sites (tertiary alicyclic amines) is 1. The van der Waals surface area contributed by atoms with Gasteiger partial charge in [-0.25, -0.2) is 9.78 Å². The largest absolute Gasteiger partial charge is 0.493 e. The average Bonchev–Trinajstić information content (AvgIpc) is 3.48. The number of ether oxygens (including phenoxy) is 3. The number of hydrogen-bond donors (Lipinski definition) is 1. The second kappa shape index (κ2) is 13.2. The molecule has 0 spiro atoms. The van der Waals surface area contributed by atoms with Gasteiger partial charge < -0.3 is 34.2 Å². The van der Waals surface area contributed by atoms with Gasteiger partial charge in [0.05, 0.1) is 26.8 Å². The van der Waals surface area contributed by atoms with Crippen molar-refractivity contribution in [3.63, 3.8) is 0 Å². The molecule has 2 saturated heterocycles. The number of nitrogens with zero attached hydrogens (tertiary/aromatic N) is 5. The van der Waals surface area contributed by atoms with Crippen molar-refractivity contribution >= 4 is 57.5 Å². The molecule has 0 aliphatic carbocycles. The number of benzene rings is 1. The molecule has 41 heavy (non-hydrogen) atoms. The van der Waals surface area contributed by atoms with E-state index in [-0.39, 0.29) is 22.7 Å². The number of methoxy groups -OCH3 is 3. The molecule has 1 aromatic heterocycles. The monoisotopic (exact) mass is 588 g/mol. The van der Waals surface area contributed by atoms with Gasteiger partial charge in [0.15, 0.2) is 16.6 Å². The zero-order chi connectivity index (χ0) is 29.7. The summed E-state index contributed by atoms with van der Waals surface area (Å²) in [6.07, 6.45) is 0.827. The predicted octanol–water partition coefficient (Wildman–Crippen LogP) is 2.38. The van der Waals surface area contributed by atoms with Crippen molar-refractivity contribution in [1.82, 2.24) is 19.8 Å². The number of nitrogens with one attached hydrogen (secondary N) is 1. The van der Waals surface area contributed by atoms with Crippen LogP contribution in [-0.4, -0.2) is 109 Å². The van der Waals surface area contributed by atoms with Crippen LogP contribution in [0.25, 0.3) is 10.9 Å². The number of thioether (sulfide) groups is 1. The van der Waals surface area contributed by atoms with Gasteiger partial charge in [-0.1, -0.05) is 18.7 Å². The molecule has 2 aliphatic rings. The van der Waals surface area contributed by atoms with Crippen molar-refractivity contribution in [3.05, 3.63) is 12.1 Å². The minimum absolute atomic E-state index is 0.0504. The molecule has 0 radical (unpaired) electrons. The fourth-order valence-electron chi connectivity index (χ4n) is 5.00. The highest BCUT2D eigenvalue weighted by atomic mass is 32.2. The Labute approximate surface area is 242 Å². The third kappa shape index (κ3) is 6.75. The van der Waals surface area contributed by atoms with E-state index in [1.54, 1.807) is 28.9 Å². The Balaban J connectivity index is 1.62. The van der Waals surface area contributed by atoms with Gasteiger partial charge in [-0.3, -0.25) is 14.4 Å². The summed E-state index contributed by atoms with van der Waals surface area (Å²) in [6, 6.07) is 2.77. The fraction of sp³-hybridized carbons (Fsp3) is 0.556. The van der Waals surface area contributed by atoms with Crippen LogP contribution in [0.15, 0.2) is 12.1 Å². The molecule has 222 valence electrons. The highest BCUT2D eigenvalue weighted by Crippen LogP contribution is 2.35. The SMILES string of the molecule is COC(=O)N1CCN(c2nc(NC(=O)C3CCCN3C(=O)C(C)CSC(C)=O)c3cc(OC)c(OC)cc3n2)CC1. The second-order valence-corrected chi connectivity index (χ2v) is 11.1. The van der Waals surface area contributed by atoms with Crippen LogP contribution in [-0.2, 0) is 19.1 Å². The van der Waals surface area contributed by atoms with E-state index in [0.29, 0.717) is 79.7 Å². The highest BCUT2D eigenvalue weighted by molar-refractivity contribution is 8.13. The number of rotatable bonds is 8. The molecule has 13 nitrogen and oxygen atoms in total. The lowest BCUT2D eigenvalue weighted by Gasteiger charge is -2.34. The van der Waals surface area contributed by atoms with Crippen LogP contribution in [0, 0.1) is 5.92 Å². The van der Waals surface area contributed by atoms with E-state index in [2.05, 4.69) is 5.32 Å². The number of anilines is 2. The second-order valence-electron chi connectivity index (χ2n) is 9.92. The Hall–Kier alpha value is -3.81. The molecule has 0 bridgehead atoms. The summed E-state index contributed by atoms with van der Waals surface area (Å²) >= 11 is 1.11. The van der Waals surface area contributed by atoms with Crippen LogP contribution in [0.1, 0.15) is 26.7 Å². The summed E-state index contributed by atoms with van der Waals surface area (Å²) in [5.41, 5.74) is 0.535. The molecule has 2 aliphatic heterocycles. The van der Waals surface area contributed by atoms with Gasteiger partial charge in [0, 0.05) is 62.8 Å². The van der Waals surface area contributed by atoms with Crippen molar-refractivity contribution in [1.29, 1.82) is 0 Å². The topological polar surface area (TPSA) is 144 Å². The normalized spacial score (nSPS) is 17.8. The van der Waals surface area contributed by atoms with Crippen LogP contribution in [0.5, 0.6) is 11.5 Å². The van der Waals surface area contributed by atoms with E-state index < -0.39 is 18.1 Å². The lowest BCUT2D eigenvalue weighted by Crippen LogP contribution is -2.49. The maximum Gasteiger partial charge on any atom is 0.409 e. The van der Waals surface area contributed by atoms with Gasteiger partial charge in [0.1, 0.15) is 11.9 Å². The number of carbonyl (C=O) groups excluding carboxylic acids is 4. The average molecular weight is 589 g/mol. The minimum atomic E-state index is -0.663. The molecule has 1 aromatic carbocycles. The lowest BCUT2D eigenvalue weighted by molar-refractivity contribution is -0.139. The first-order valence-corrected chi connectivity index (χ1v) is 14.4. The van der Waals surface area contributed by atoms with Crippen LogP contribution >= 0.6 is 11.8 Å². The van der Waals surface area contributed by atoms with Gasteiger partial charge in [0.2, 0.25) is 17.8 Å². The van der Waals surface area contributed by atoms with Gasteiger partial charge in [-0.2, -0.15) is 4.98 Å². The molecule has 14 heteroatoms. The van der Waals surface area contributed by atoms with Crippen LogP contribution < -0.4 is 19.7 Å². The summed E-state index contributed by atoms with van der Waals surface area (Å²) in [4.78, 5) is 64.7. The number of piperazine rings is 1. The Morgan fingerprint density at radius 3 is 2.34 bits per heavy atom. The van der Waals surface area contributed by atoms with E-state index >= 15 is 0 Å². The Bertz CT molecular complexity index is 1320. The van der Waals surface area contributed by atoms with E-state index in [0.717, 1.165) is 11.8 Å². The zero-order valence-electron chi connectivity index (χ0n) is 24.0. The maximum atomic E-state index is 13.6. The summed E-state index contributed by atoms with van der Waals surface area (Å²) < 4.78 is 15.8. The molecular weight excluding hydrogens is 552 g/mol. The molecule has 4 rings (SSSR count). The minimum Gasteiger partial charge on any atom is -0.493 e. The maximum absolute atomic E-state index is 13.6. The third-order valence-corrected chi connectivity index (χ3v) is 8.30. The molecular formula is C27H36N6O7S. The van der Waals surface area contributed by atoms with E-state index in [9.17, 15) is 19.2 Å². The number of amides is 3. The van der Waals surface area contributed by atoms with Gasteiger partial charge >= 0.3 is 6.09 Å². The van der Waals surface area contributed by atoms with Crippen LogP contribution in [0.4, 0.5) is 16.6 Å². The lowest BCUT2D eigenvalue weighted by atomic mass is 10.1. The standard InChI is InChI=1S/C27H36N6O7S/c1-16(15-41-17(2)34)25(36)33-8-6-7-20(33)24(35)29-23-18-13-21(38-3)22(39-4)14-19(18)28-26(30-23)31-9-11-32(12-10-31)27(37)40-5/h13-14,16,20H,6-12,15H2,1-5H3,(H,28,29,30,35). The van der Waals surface area contributed by atoms with E-state index in [1.807, 2.05) is 4.90 Å².